The van der Waals surface area contributed by atoms with Gasteiger partial charge in [0.25, 0.3) is 11.8 Å². The van der Waals surface area contributed by atoms with Crippen molar-refractivity contribution in [2.45, 2.75) is 37.6 Å². The molecule has 2 amide bonds. The van der Waals surface area contributed by atoms with Gasteiger partial charge >= 0.3 is 0 Å². The summed E-state index contributed by atoms with van der Waals surface area (Å²) in [4.78, 5) is 24.9. The number of carbonyl (C=O) groups excluding carboxylic acids is 2. The predicted molar refractivity (Wildman–Crippen MR) is 109 cm³/mol. The van der Waals surface area contributed by atoms with Gasteiger partial charge in [-0.15, -0.1) is 11.3 Å². The minimum atomic E-state index is -3.57. The first-order valence-corrected chi connectivity index (χ1v) is 11.5. The number of hydrogen-bond donors (Lipinski definition) is 2. The number of nitrogens with zero attached hydrogens (tertiary/aromatic N) is 1. The molecule has 1 aromatic heterocycles. The number of rotatable bonds is 8. The van der Waals surface area contributed by atoms with E-state index in [4.69, 9.17) is 0 Å². The quantitative estimate of drug-likeness (QED) is 0.685. The summed E-state index contributed by atoms with van der Waals surface area (Å²) in [5, 5.41) is 7.87. The van der Waals surface area contributed by atoms with E-state index in [0.29, 0.717) is 29.2 Å². The fraction of sp³-hybridized carbons (Fsp3) is 0.368. The van der Waals surface area contributed by atoms with E-state index < -0.39 is 15.9 Å². The van der Waals surface area contributed by atoms with Gasteiger partial charge in [0.15, 0.2) is 0 Å². The molecule has 0 unspecified atom stereocenters. The van der Waals surface area contributed by atoms with Crippen LogP contribution in [0.15, 0.2) is 40.6 Å². The van der Waals surface area contributed by atoms with Gasteiger partial charge in [-0.25, -0.2) is 8.42 Å². The van der Waals surface area contributed by atoms with Gasteiger partial charge in [0.2, 0.25) is 10.0 Å². The molecule has 2 aromatic rings. The van der Waals surface area contributed by atoms with Crippen LogP contribution in [0, 0.1) is 0 Å². The zero-order chi connectivity index (χ0) is 20.3. The Morgan fingerprint density at radius 2 is 1.71 bits per heavy atom. The zero-order valence-electron chi connectivity index (χ0n) is 15.8. The summed E-state index contributed by atoms with van der Waals surface area (Å²) in [5.41, 5.74) is 0.756. The molecule has 1 aliphatic carbocycles. The minimum absolute atomic E-state index is 0.147. The average Bonchev–Trinajstić information content (AvgIpc) is 3.37. The van der Waals surface area contributed by atoms with Crippen LogP contribution in [0.1, 0.15) is 47.4 Å². The highest BCUT2D eigenvalue weighted by Gasteiger charge is 2.26. The van der Waals surface area contributed by atoms with Gasteiger partial charge in [0.1, 0.15) is 5.00 Å². The van der Waals surface area contributed by atoms with Crippen LogP contribution in [-0.4, -0.2) is 43.7 Å². The van der Waals surface area contributed by atoms with Crippen molar-refractivity contribution in [1.29, 1.82) is 0 Å². The highest BCUT2D eigenvalue weighted by molar-refractivity contribution is 7.89. The summed E-state index contributed by atoms with van der Waals surface area (Å²) in [6, 6.07) is 7.72. The number of nitrogens with one attached hydrogen (secondary N) is 2. The number of anilines is 1. The molecule has 150 valence electrons. The Bertz CT molecular complexity index is 959. The van der Waals surface area contributed by atoms with Crippen molar-refractivity contribution in [1.82, 2.24) is 9.62 Å². The Morgan fingerprint density at radius 3 is 2.29 bits per heavy atom. The SMILES string of the molecule is CCN(CC)S(=O)(=O)c1ccc(C(=O)Nc2sccc2C(=O)NC2CC2)cc1. The number of thiophene rings is 1. The van der Waals surface area contributed by atoms with Crippen molar-refractivity contribution in [2.75, 3.05) is 18.4 Å². The van der Waals surface area contributed by atoms with Crippen LogP contribution in [0.4, 0.5) is 5.00 Å². The second-order valence-electron chi connectivity index (χ2n) is 6.48. The maximum absolute atomic E-state index is 12.5. The Balaban J connectivity index is 1.72. The molecule has 1 heterocycles. The number of sulfonamides is 1. The van der Waals surface area contributed by atoms with Crippen molar-refractivity contribution in [3.8, 4) is 0 Å². The molecule has 3 rings (SSSR count). The summed E-state index contributed by atoms with van der Waals surface area (Å²) < 4.78 is 26.4. The molecule has 7 nitrogen and oxygen atoms in total. The molecule has 1 aromatic carbocycles. The topological polar surface area (TPSA) is 95.6 Å². The summed E-state index contributed by atoms with van der Waals surface area (Å²) >= 11 is 1.27. The fourth-order valence-corrected chi connectivity index (χ4v) is 4.98. The Hall–Kier alpha value is -2.23. The number of hydrogen-bond acceptors (Lipinski definition) is 5. The second kappa shape index (κ2) is 8.42. The van der Waals surface area contributed by atoms with Crippen LogP contribution in [0.5, 0.6) is 0 Å². The van der Waals surface area contributed by atoms with E-state index in [0.717, 1.165) is 12.8 Å². The van der Waals surface area contributed by atoms with Crippen molar-refractivity contribution in [2.24, 2.45) is 0 Å². The molecule has 0 saturated heterocycles. The fourth-order valence-electron chi connectivity index (χ4n) is 2.74. The highest BCUT2D eigenvalue weighted by atomic mass is 32.2. The largest absolute Gasteiger partial charge is 0.349 e. The molecule has 0 spiro atoms. The van der Waals surface area contributed by atoms with E-state index in [1.54, 1.807) is 25.3 Å². The van der Waals surface area contributed by atoms with Gasteiger partial charge in [0.05, 0.1) is 10.5 Å². The third kappa shape index (κ3) is 4.43. The third-order valence-electron chi connectivity index (χ3n) is 4.51. The van der Waals surface area contributed by atoms with Crippen molar-refractivity contribution in [3.05, 3.63) is 46.8 Å². The van der Waals surface area contributed by atoms with E-state index in [-0.39, 0.29) is 16.8 Å². The molecule has 1 aliphatic rings. The summed E-state index contributed by atoms with van der Waals surface area (Å²) in [6.45, 7) is 4.32. The van der Waals surface area contributed by atoms with Crippen molar-refractivity contribution in [3.63, 3.8) is 0 Å². The van der Waals surface area contributed by atoms with E-state index >= 15 is 0 Å². The Labute approximate surface area is 168 Å². The van der Waals surface area contributed by atoms with Crippen LogP contribution in [0.2, 0.25) is 0 Å². The maximum atomic E-state index is 12.5. The van der Waals surface area contributed by atoms with Crippen LogP contribution < -0.4 is 10.6 Å². The number of amides is 2. The number of carbonyl (C=O) groups is 2. The first-order chi connectivity index (χ1) is 13.4. The molecule has 28 heavy (non-hydrogen) atoms. The minimum Gasteiger partial charge on any atom is -0.349 e. The van der Waals surface area contributed by atoms with Crippen molar-refractivity contribution < 1.29 is 18.0 Å². The predicted octanol–water partition coefficient (Wildman–Crippen LogP) is 2.92. The van der Waals surface area contributed by atoms with Crippen LogP contribution >= 0.6 is 11.3 Å². The van der Waals surface area contributed by atoms with Crippen LogP contribution in [-0.2, 0) is 10.0 Å². The molecule has 1 saturated carbocycles. The normalized spacial score (nSPS) is 14.1. The summed E-state index contributed by atoms with van der Waals surface area (Å²) in [7, 11) is -3.57. The molecule has 9 heteroatoms. The second-order valence-corrected chi connectivity index (χ2v) is 9.33. The molecule has 2 N–H and O–H groups in total. The van der Waals surface area contributed by atoms with E-state index in [1.165, 1.54) is 39.9 Å². The van der Waals surface area contributed by atoms with Crippen LogP contribution in [0.3, 0.4) is 0 Å². The van der Waals surface area contributed by atoms with Gasteiger partial charge in [-0.1, -0.05) is 13.8 Å². The zero-order valence-corrected chi connectivity index (χ0v) is 17.4. The van der Waals surface area contributed by atoms with Gasteiger partial charge in [0, 0.05) is 24.7 Å². The standard InChI is InChI=1S/C19H23N3O4S2/c1-3-22(4-2)28(25,26)15-9-5-13(6-10-15)17(23)21-19-16(11-12-27-19)18(24)20-14-7-8-14/h5-6,9-12,14H,3-4,7-8H2,1-2H3,(H,20,24)(H,21,23). The molecular formula is C19H23N3O4S2. The Morgan fingerprint density at radius 1 is 1.07 bits per heavy atom. The lowest BCUT2D eigenvalue weighted by atomic mass is 10.2. The molecule has 0 atom stereocenters. The molecule has 0 aliphatic heterocycles. The van der Waals surface area contributed by atoms with E-state index in [1.807, 2.05) is 0 Å². The van der Waals surface area contributed by atoms with Gasteiger partial charge in [-0.3, -0.25) is 9.59 Å². The molecule has 0 radical (unpaired) electrons. The van der Waals surface area contributed by atoms with Gasteiger partial charge in [-0.2, -0.15) is 4.31 Å². The lowest BCUT2D eigenvalue weighted by molar-refractivity contribution is 0.0952. The summed E-state index contributed by atoms with van der Waals surface area (Å²) in [5.74, 6) is -0.588. The van der Waals surface area contributed by atoms with E-state index in [9.17, 15) is 18.0 Å². The van der Waals surface area contributed by atoms with Crippen LogP contribution in [0.25, 0.3) is 0 Å². The average molecular weight is 422 g/mol. The summed E-state index contributed by atoms with van der Waals surface area (Å²) in [6.07, 6.45) is 1.97. The van der Waals surface area contributed by atoms with Gasteiger partial charge < -0.3 is 10.6 Å². The number of benzene rings is 1. The Kier molecular flexibility index (Phi) is 6.17. The molecule has 0 bridgehead atoms. The maximum Gasteiger partial charge on any atom is 0.256 e. The van der Waals surface area contributed by atoms with E-state index in [2.05, 4.69) is 10.6 Å². The lowest BCUT2D eigenvalue weighted by Gasteiger charge is -2.18. The highest BCUT2D eigenvalue weighted by Crippen LogP contribution is 2.26. The third-order valence-corrected chi connectivity index (χ3v) is 7.40. The first kappa shape index (κ1) is 20.5. The molecule has 1 fully saturated rings. The van der Waals surface area contributed by atoms with Gasteiger partial charge in [-0.05, 0) is 48.6 Å². The first-order valence-electron chi connectivity index (χ1n) is 9.16. The lowest BCUT2D eigenvalue weighted by Crippen LogP contribution is -2.30. The molecular weight excluding hydrogens is 398 g/mol. The van der Waals surface area contributed by atoms with Crippen molar-refractivity contribution >= 4 is 38.2 Å². The smallest absolute Gasteiger partial charge is 0.256 e. The monoisotopic (exact) mass is 421 g/mol.